The predicted octanol–water partition coefficient (Wildman–Crippen LogP) is 3.44. The third-order valence-electron chi connectivity index (χ3n) is 3.24. The predicted molar refractivity (Wildman–Crippen MR) is 72.1 cm³/mol. The maximum Gasteiger partial charge on any atom is 0.192 e. The van der Waals surface area contributed by atoms with Crippen LogP contribution in [-0.2, 0) is 9.22 Å². The van der Waals surface area contributed by atoms with E-state index in [2.05, 4.69) is 46.5 Å². The van der Waals surface area contributed by atoms with Gasteiger partial charge in [-0.15, -0.1) is 0 Å². The molecule has 1 atom stereocenters. The van der Waals surface area contributed by atoms with E-state index in [4.69, 9.17) is 9.69 Å². The first kappa shape index (κ1) is 16.1. The molecule has 0 aliphatic heterocycles. The number of allylic oxidation sites excluding steroid dienone is 1. The van der Waals surface area contributed by atoms with Crippen LogP contribution < -0.4 is 0 Å². The van der Waals surface area contributed by atoms with Crippen LogP contribution in [-0.4, -0.2) is 20.2 Å². The van der Waals surface area contributed by atoms with E-state index < -0.39 is 8.32 Å². The lowest BCUT2D eigenvalue weighted by Gasteiger charge is -2.38. The summed E-state index contributed by atoms with van der Waals surface area (Å²) in [6, 6.07) is 2.08. The smallest absolute Gasteiger partial charge is 0.192 e. The average Bonchev–Trinajstić information content (AvgIpc) is 2.15. The van der Waals surface area contributed by atoms with Gasteiger partial charge in [0, 0.05) is 6.42 Å². The number of carbonyl (C=O) groups excluding carboxylic acids is 1. The summed E-state index contributed by atoms with van der Waals surface area (Å²) in [6.45, 7) is 14.1. The fourth-order valence-electron chi connectivity index (χ4n) is 1.16. The van der Waals surface area contributed by atoms with Crippen molar-refractivity contribution in [2.24, 2.45) is 0 Å². The first-order valence-corrected chi connectivity index (χ1v) is 8.75. The largest absolute Gasteiger partial charge is 0.412 e. The Balaban J connectivity index is 4.71. The highest BCUT2D eigenvalue weighted by Gasteiger charge is 2.39. The first-order chi connectivity index (χ1) is 7.64. The van der Waals surface area contributed by atoms with Crippen molar-refractivity contribution in [1.29, 1.82) is 5.26 Å². The number of carbonyl (C=O) groups is 1. The molecule has 0 rings (SSSR count). The van der Waals surface area contributed by atoms with E-state index >= 15 is 0 Å². The third kappa shape index (κ3) is 5.29. The van der Waals surface area contributed by atoms with Gasteiger partial charge in [0.2, 0.25) is 0 Å². The number of nitriles is 1. The summed E-state index contributed by atoms with van der Waals surface area (Å²) in [6.07, 6.45) is 1.50. The quantitative estimate of drug-likeness (QED) is 0.538. The Kier molecular flexibility index (Phi) is 5.80. The van der Waals surface area contributed by atoms with Crippen LogP contribution in [0.2, 0.25) is 18.1 Å². The molecule has 0 aromatic carbocycles. The van der Waals surface area contributed by atoms with Gasteiger partial charge in [-0.25, -0.2) is 0 Å². The number of hydrogen-bond donors (Lipinski definition) is 0. The van der Waals surface area contributed by atoms with Crippen molar-refractivity contribution in [3.05, 3.63) is 12.7 Å². The van der Waals surface area contributed by atoms with E-state index in [9.17, 15) is 4.79 Å². The van der Waals surface area contributed by atoms with Gasteiger partial charge in [-0.1, -0.05) is 27.4 Å². The first-order valence-electron chi connectivity index (χ1n) is 5.84. The molecular formula is C13H23NO2Si. The van der Waals surface area contributed by atoms with Gasteiger partial charge in [0.15, 0.2) is 14.1 Å². The van der Waals surface area contributed by atoms with Crippen LogP contribution in [0.4, 0.5) is 0 Å². The maximum atomic E-state index is 11.3. The van der Waals surface area contributed by atoms with Crippen LogP contribution in [0, 0.1) is 11.3 Å². The van der Waals surface area contributed by atoms with Crippen molar-refractivity contribution >= 4 is 14.1 Å². The number of hydrogen-bond acceptors (Lipinski definition) is 3. The Bertz CT molecular complexity index is 323. The molecule has 0 unspecified atom stereocenters. The van der Waals surface area contributed by atoms with Gasteiger partial charge >= 0.3 is 0 Å². The summed E-state index contributed by atoms with van der Waals surface area (Å²) in [5.74, 6) is -0.0658. The number of ketones is 1. The summed E-state index contributed by atoms with van der Waals surface area (Å²) in [4.78, 5) is 11.3. The molecule has 4 heteroatoms. The molecular weight excluding hydrogens is 230 g/mol. The normalized spacial score (nSPS) is 13.9. The van der Waals surface area contributed by atoms with E-state index in [0.717, 1.165) is 0 Å². The highest BCUT2D eigenvalue weighted by Crippen LogP contribution is 2.37. The fraction of sp³-hybridized carbons (Fsp3) is 0.692. The zero-order valence-corrected chi connectivity index (χ0v) is 12.5. The van der Waals surface area contributed by atoms with Gasteiger partial charge < -0.3 is 4.43 Å². The molecule has 0 saturated carbocycles. The minimum absolute atomic E-state index is 0.0658. The molecule has 0 aliphatic carbocycles. The van der Waals surface area contributed by atoms with Gasteiger partial charge in [0.1, 0.15) is 0 Å². The second kappa shape index (κ2) is 6.13. The maximum absolute atomic E-state index is 11.3. The van der Waals surface area contributed by atoms with Crippen molar-refractivity contribution in [2.75, 3.05) is 0 Å². The summed E-state index contributed by atoms with van der Waals surface area (Å²) in [7, 11) is -1.92. The Hall–Kier alpha value is -0.923. The second-order valence-electron chi connectivity index (χ2n) is 5.74. The van der Waals surface area contributed by atoms with Crippen molar-refractivity contribution in [1.82, 2.24) is 0 Å². The van der Waals surface area contributed by atoms with E-state index in [1.807, 2.05) is 0 Å². The molecule has 0 fully saturated rings. The lowest BCUT2D eigenvalue weighted by Crippen LogP contribution is -2.44. The molecule has 0 aliphatic rings. The molecule has 0 radical (unpaired) electrons. The number of rotatable bonds is 6. The molecule has 0 spiro atoms. The molecule has 0 aromatic heterocycles. The lowest BCUT2D eigenvalue weighted by atomic mass is 10.1. The minimum atomic E-state index is -1.92. The van der Waals surface area contributed by atoms with Gasteiger partial charge in [-0.05, 0) is 24.2 Å². The van der Waals surface area contributed by atoms with E-state index in [0.29, 0.717) is 0 Å². The molecule has 0 amide bonds. The lowest BCUT2D eigenvalue weighted by molar-refractivity contribution is -0.116. The Labute approximate surface area is 106 Å². The standard InChI is InChI=1S/C13H23NO2Si/c1-7-11(15)10-12(8-9-14)16-17(5,6)13(2,3)4/h7,12H,1,8,10H2,2-6H3/t12-/m0/s1. The highest BCUT2D eigenvalue weighted by atomic mass is 28.4. The van der Waals surface area contributed by atoms with Gasteiger partial charge in [0.05, 0.1) is 18.6 Å². The summed E-state index contributed by atoms with van der Waals surface area (Å²) in [5.41, 5.74) is 0. The minimum Gasteiger partial charge on any atom is -0.412 e. The Morgan fingerprint density at radius 1 is 1.53 bits per heavy atom. The Morgan fingerprint density at radius 2 is 2.06 bits per heavy atom. The molecule has 96 valence electrons. The van der Waals surface area contributed by atoms with Crippen molar-refractivity contribution < 1.29 is 9.22 Å². The van der Waals surface area contributed by atoms with Crippen molar-refractivity contribution in [3.63, 3.8) is 0 Å². The second-order valence-corrected chi connectivity index (χ2v) is 10.5. The summed E-state index contributed by atoms with van der Waals surface area (Å²) < 4.78 is 6.06. The zero-order chi connectivity index (χ0) is 13.7. The van der Waals surface area contributed by atoms with Crippen LogP contribution in [0.15, 0.2) is 12.7 Å². The van der Waals surface area contributed by atoms with Crippen molar-refractivity contribution in [2.45, 2.75) is 57.8 Å². The highest BCUT2D eigenvalue weighted by molar-refractivity contribution is 6.74. The van der Waals surface area contributed by atoms with Gasteiger partial charge in [0.25, 0.3) is 0 Å². The van der Waals surface area contributed by atoms with Crippen LogP contribution in [0.1, 0.15) is 33.6 Å². The van der Waals surface area contributed by atoms with E-state index in [1.165, 1.54) is 6.08 Å². The molecule has 3 nitrogen and oxygen atoms in total. The molecule has 0 saturated heterocycles. The van der Waals surface area contributed by atoms with Crippen LogP contribution in [0.25, 0.3) is 0 Å². The number of nitrogens with zero attached hydrogens (tertiary/aromatic N) is 1. The topological polar surface area (TPSA) is 50.1 Å². The molecule has 0 aromatic rings. The van der Waals surface area contributed by atoms with Crippen LogP contribution >= 0.6 is 0 Å². The van der Waals surface area contributed by atoms with E-state index in [1.54, 1.807) is 0 Å². The summed E-state index contributed by atoms with van der Waals surface area (Å²) >= 11 is 0. The van der Waals surface area contributed by atoms with Crippen LogP contribution in [0.5, 0.6) is 0 Å². The van der Waals surface area contributed by atoms with Gasteiger partial charge in [-0.3, -0.25) is 4.79 Å². The van der Waals surface area contributed by atoms with Crippen molar-refractivity contribution in [3.8, 4) is 6.07 Å². The third-order valence-corrected chi connectivity index (χ3v) is 7.78. The van der Waals surface area contributed by atoms with Gasteiger partial charge in [-0.2, -0.15) is 5.26 Å². The molecule has 0 N–H and O–H groups in total. The zero-order valence-electron chi connectivity index (χ0n) is 11.5. The fourth-order valence-corrected chi connectivity index (χ4v) is 2.51. The SMILES string of the molecule is C=CC(=O)C[C@H](CC#N)O[Si](C)(C)C(C)(C)C. The van der Waals surface area contributed by atoms with E-state index in [-0.39, 0.29) is 29.8 Å². The average molecular weight is 253 g/mol. The molecule has 17 heavy (non-hydrogen) atoms. The summed E-state index contributed by atoms with van der Waals surface area (Å²) in [5, 5.41) is 8.85. The Morgan fingerprint density at radius 3 is 2.41 bits per heavy atom. The molecule has 0 bridgehead atoms. The van der Waals surface area contributed by atoms with Crippen LogP contribution in [0.3, 0.4) is 0 Å². The monoisotopic (exact) mass is 253 g/mol. The molecule has 0 heterocycles.